The molecule has 2 heterocycles. The molecule has 1 amide bonds. The molecule has 150 valence electrons. The van der Waals surface area contributed by atoms with Gasteiger partial charge in [0, 0.05) is 27.2 Å². The van der Waals surface area contributed by atoms with Crippen molar-refractivity contribution in [3.05, 3.63) is 35.9 Å². The van der Waals surface area contributed by atoms with E-state index in [0.29, 0.717) is 17.7 Å². The van der Waals surface area contributed by atoms with E-state index in [-0.39, 0.29) is 18.2 Å². The Hall–Kier alpha value is -2.97. The topological polar surface area (TPSA) is 83.5 Å². The van der Waals surface area contributed by atoms with Gasteiger partial charge >= 0.3 is 0 Å². The fraction of sp³-hybridized carbons (Fsp3) is 0.474. The minimum atomic E-state index is -0.856. The highest BCUT2D eigenvalue weighted by Crippen LogP contribution is 2.19. The minimum Gasteiger partial charge on any atom is -0.478 e. The first kappa shape index (κ1) is 19.8. The number of rotatable bonds is 7. The molecule has 0 saturated carbocycles. The van der Waals surface area contributed by atoms with Crippen LogP contribution in [0.15, 0.2) is 24.3 Å². The van der Waals surface area contributed by atoms with E-state index in [4.69, 9.17) is 4.74 Å². The number of carbonyl (C=O) groups excluding carboxylic acids is 1. The molecule has 1 saturated heterocycles. The molecule has 9 heteroatoms. The van der Waals surface area contributed by atoms with Gasteiger partial charge in [-0.25, -0.2) is 4.39 Å². The first-order valence-electron chi connectivity index (χ1n) is 9.30. The predicted molar refractivity (Wildman–Crippen MR) is 104 cm³/mol. The third-order valence-electron chi connectivity index (χ3n) is 4.38. The van der Waals surface area contributed by atoms with Crippen molar-refractivity contribution in [2.24, 2.45) is 0 Å². The van der Waals surface area contributed by atoms with Gasteiger partial charge < -0.3 is 19.9 Å². The average Bonchev–Trinajstić information content (AvgIpc) is 3.22. The van der Waals surface area contributed by atoms with Crippen molar-refractivity contribution in [1.82, 2.24) is 20.3 Å². The van der Waals surface area contributed by atoms with Crippen LogP contribution in [0.3, 0.4) is 0 Å². The summed E-state index contributed by atoms with van der Waals surface area (Å²) in [5.74, 6) is 0.778. The molecular formula is C19H25FN6O2. The number of amides is 1. The number of benzene rings is 1. The van der Waals surface area contributed by atoms with Gasteiger partial charge in [0.05, 0.1) is 6.54 Å². The lowest BCUT2D eigenvalue weighted by Gasteiger charge is -2.19. The summed E-state index contributed by atoms with van der Waals surface area (Å²) in [6.45, 7) is 3.52. The zero-order valence-corrected chi connectivity index (χ0v) is 16.4. The third-order valence-corrected chi connectivity index (χ3v) is 4.38. The number of hydrogen-bond acceptors (Lipinski definition) is 7. The molecule has 1 aromatic carbocycles. The Morgan fingerprint density at radius 2 is 1.96 bits per heavy atom. The van der Waals surface area contributed by atoms with E-state index in [1.807, 2.05) is 14.1 Å². The van der Waals surface area contributed by atoms with Crippen LogP contribution in [0.5, 0.6) is 5.75 Å². The van der Waals surface area contributed by atoms with Crippen molar-refractivity contribution in [3.63, 3.8) is 0 Å². The molecule has 1 aromatic heterocycles. The van der Waals surface area contributed by atoms with Gasteiger partial charge in [-0.05, 0) is 31.9 Å². The molecular weight excluding hydrogens is 363 g/mol. The zero-order chi connectivity index (χ0) is 20.1. The zero-order valence-electron chi connectivity index (χ0n) is 16.4. The molecule has 0 spiro atoms. The maximum Gasteiger partial charge on any atom is 0.261 e. The molecule has 1 aliphatic rings. The van der Waals surface area contributed by atoms with Gasteiger partial charge in [0.1, 0.15) is 0 Å². The maximum absolute atomic E-state index is 13.7. The van der Waals surface area contributed by atoms with Crippen LogP contribution in [-0.2, 0) is 11.3 Å². The highest BCUT2D eigenvalue weighted by molar-refractivity contribution is 5.80. The van der Waals surface area contributed by atoms with E-state index in [1.165, 1.54) is 12.1 Å². The third kappa shape index (κ3) is 4.85. The fourth-order valence-electron chi connectivity index (χ4n) is 2.83. The van der Waals surface area contributed by atoms with Gasteiger partial charge in [-0.2, -0.15) is 15.0 Å². The monoisotopic (exact) mass is 388 g/mol. The van der Waals surface area contributed by atoms with Crippen molar-refractivity contribution >= 4 is 17.8 Å². The lowest BCUT2D eigenvalue weighted by Crippen LogP contribution is -2.36. The number of halogens is 1. The SMILES string of the molecule is C[C@@H](Oc1ccccc1F)C(=O)NCc1nc(N(C)C)nc(N2CCCC2)n1. The van der Waals surface area contributed by atoms with Gasteiger partial charge in [-0.1, -0.05) is 12.1 Å². The van der Waals surface area contributed by atoms with E-state index in [2.05, 4.69) is 25.2 Å². The predicted octanol–water partition coefficient (Wildman–Crippen LogP) is 1.76. The van der Waals surface area contributed by atoms with E-state index in [9.17, 15) is 9.18 Å². The number of para-hydroxylation sites is 1. The average molecular weight is 388 g/mol. The molecule has 1 aliphatic heterocycles. The van der Waals surface area contributed by atoms with Crippen molar-refractivity contribution in [2.75, 3.05) is 37.0 Å². The molecule has 1 atom stereocenters. The summed E-state index contributed by atoms with van der Waals surface area (Å²) in [6, 6.07) is 5.98. The van der Waals surface area contributed by atoms with Gasteiger partial charge in [-0.3, -0.25) is 4.79 Å². The van der Waals surface area contributed by atoms with E-state index < -0.39 is 11.9 Å². The highest BCUT2D eigenvalue weighted by Gasteiger charge is 2.20. The van der Waals surface area contributed by atoms with Crippen molar-refractivity contribution in [1.29, 1.82) is 0 Å². The summed E-state index contributed by atoms with van der Waals surface area (Å²) in [5.41, 5.74) is 0. The smallest absolute Gasteiger partial charge is 0.261 e. The van der Waals surface area contributed by atoms with Crippen molar-refractivity contribution in [3.8, 4) is 5.75 Å². The Kier molecular flexibility index (Phi) is 6.23. The molecule has 28 heavy (non-hydrogen) atoms. The van der Waals surface area contributed by atoms with Crippen LogP contribution in [0.4, 0.5) is 16.3 Å². The Bertz CT molecular complexity index is 826. The number of hydrogen-bond donors (Lipinski definition) is 1. The number of nitrogens with zero attached hydrogens (tertiary/aromatic N) is 5. The number of ether oxygens (including phenoxy) is 1. The van der Waals surface area contributed by atoms with Crippen LogP contribution >= 0.6 is 0 Å². The number of nitrogens with one attached hydrogen (secondary N) is 1. The summed E-state index contributed by atoms with van der Waals surface area (Å²) in [5, 5.41) is 2.75. The van der Waals surface area contributed by atoms with Crippen LogP contribution in [0.2, 0.25) is 0 Å². The number of carbonyl (C=O) groups is 1. The number of anilines is 2. The Morgan fingerprint density at radius 3 is 2.64 bits per heavy atom. The van der Waals surface area contributed by atoms with Gasteiger partial charge in [0.25, 0.3) is 5.91 Å². The molecule has 0 bridgehead atoms. The van der Waals surface area contributed by atoms with Crippen molar-refractivity contribution in [2.45, 2.75) is 32.4 Å². The molecule has 1 fully saturated rings. The summed E-state index contributed by atoms with van der Waals surface area (Å²) < 4.78 is 19.1. The number of aromatic nitrogens is 3. The second-order valence-electron chi connectivity index (χ2n) is 6.85. The molecule has 8 nitrogen and oxygen atoms in total. The normalized spacial score (nSPS) is 14.6. The Balaban J connectivity index is 1.65. The first-order chi connectivity index (χ1) is 13.4. The highest BCUT2D eigenvalue weighted by atomic mass is 19.1. The molecule has 0 unspecified atom stereocenters. The van der Waals surface area contributed by atoms with Gasteiger partial charge in [0.2, 0.25) is 11.9 Å². The van der Waals surface area contributed by atoms with E-state index in [0.717, 1.165) is 25.9 Å². The summed E-state index contributed by atoms with van der Waals surface area (Å²) in [7, 11) is 3.71. The van der Waals surface area contributed by atoms with Crippen LogP contribution in [0, 0.1) is 5.82 Å². The van der Waals surface area contributed by atoms with E-state index in [1.54, 1.807) is 24.0 Å². The second-order valence-corrected chi connectivity index (χ2v) is 6.85. The van der Waals surface area contributed by atoms with Crippen LogP contribution in [0.1, 0.15) is 25.6 Å². The molecule has 0 radical (unpaired) electrons. The summed E-state index contributed by atoms with van der Waals surface area (Å²) in [6.07, 6.45) is 1.37. The maximum atomic E-state index is 13.7. The Morgan fingerprint density at radius 1 is 1.25 bits per heavy atom. The first-order valence-corrected chi connectivity index (χ1v) is 9.30. The largest absolute Gasteiger partial charge is 0.478 e. The fourth-order valence-corrected chi connectivity index (χ4v) is 2.83. The summed E-state index contributed by atoms with van der Waals surface area (Å²) in [4.78, 5) is 29.6. The summed E-state index contributed by atoms with van der Waals surface area (Å²) >= 11 is 0. The molecule has 2 aromatic rings. The van der Waals surface area contributed by atoms with Crippen molar-refractivity contribution < 1.29 is 13.9 Å². The molecule has 1 N–H and O–H groups in total. The second kappa shape index (κ2) is 8.81. The lowest BCUT2D eigenvalue weighted by molar-refractivity contribution is -0.127. The standard InChI is InChI=1S/C19H25FN6O2/c1-13(28-15-9-5-4-8-14(15)20)17(27)21-12-16-22-18(25(2)3)24-19(23-16)26-10-6-7-11-26/h4-5,8-9,13H,6-7,10-12H2,1-3H3,(H,21,27)/t13-/m1/s1. The molecule has 0 aliphatic carbocycles. The van der Waals surface area contributed by atoms with Crippen LogP contribution < -0.4 is 19.9 Å². The van der Waals surface area contributed by atoms with Gasteiger partial charge in [0.15, 0.2) is 23.5 Å². The lowest BCUT2D eigenvalue weighted by atomic mass is 10.3. The molecule has 3 rings (SSSR count). The van der Waals surface area contributed by atoms with Crippen LogP contribution in [0.25, 0.3) is 0 Å². The van der Waals surface area contributed by atoms with Crippen LogP contribution in [-0.4, -0.2) is 54.1 Å². The van der Waals surface area contributed by atoms with Gasteiger partial charge in [-0.15, -0.1) is 0 Å². The quantitative estimate of drug-likeness (QED) is 0.774. The van der Waals surface area contributed by atoms with E-state index >= 15 is 0 Å². The Labute approximate surface area is 163 Å². The minimum absolute atomic E-state index is 0.0384.